The summed E-state index contributed by atoms with van der Waals surface area (Å²) in [4.78, 5) is 16.7. The molecule has 1 aromatic heterocycles. The number of aromatic carboxylic acids is 1. The summed E-state index contributed by atoms with van der Waals surface area (Å²) in [5.41, 5.74) is 0.699. The van der Waals surface area contributed by atoms with E-state index in [0.717, 1.165) is 0 Å². The number of aliphatic hydroxyl groups excluding tert-OH is 1. The Morgan fingerprint density at radius 2 is 2.00 bits per heavy atom. The second-order valence-corrected chi connectivity index (χ2v) is 5.15. The molecule has 3 rings (SSSR count). The van der Waals surface area contributed by atoms with Crippen LogP contribution in [-0.4, -0.2) is 46.5 Å². The Bertz CT molecular complexity index is 662. The summed E-state index contributed by atoms with van der Waals surface area (Å²) in [5, 5.41) is 19.2. The number of β-amino-alcohol motifs (C(OH)–C–C–N with tert-alkyl or cyclic N) is 1. The molecular formula is C16H16N2O4. The minimum atomic E-state index is -1.07. The van der Waals surface area contributed by atoms with Crippen molar-refractivity contribution in [2.24, 2.45) is 0 Å². The first-order valence-electron chi connectivity index (χ1n) is 6.97. The number of carboxylic acid groups (broad SMARTS) is 1. The molecule has 2 N–H and O–H groups in total. The van der Waals surface area contributed by atoms with Gasteiger partial charge in [-0.1, -0.05) is 18.2 Å². The summed E-state index contributed by atoms with van der Waals surface area (Å²) in [6.45, 7) is 0.875. The maximum absolute atomic E-state index is 11.0. The van der Waals surface area contributed by atoms with E-state index in [2.05, 4.69) is 4.98 Å². The summed E-state index contributed by atoms with van der Waals surface area (Å²) >= 11 is 0. The Balaban J connectivity index is 1.73. The average Bonchev–Trinajstić information content (AvgIpc) is 2.89. The van der Waals surface area contributed by atoms with Crippen molar-refractivity contribution in [2.45, 2.75) is 12.2 Å². The standard InChI is InChI=1S/C16H16N2O4/c19-14-9-18(11-6-7-17-13(8-11)16(20)21)10-15(14)22-12-4-2-1-3-5-12/h1-8,14-15,19H,9-10H2,(H,20,21)/t14-,15-/m1/s1. The van der Waals surface area contributed by atoms with Gasteiger partial charge in [-0.2, -0.15) is 0 Å². The monoisotopic (exact) mass is 300 g/mol. The van der Waals surface area contributed by atoms with Gasteiger partial charge in [0.15, 0.2) is 0 Å². The third-order valence-corrected chi connectivity index (χ3v) is 3.60. The van der Waals surface area contributed by atoms with Gasteiger partial charge >= 0.3 is 5.97 Å². The Kier molecular flexibility index (Phi) is 3.93. The van der Waals surface area contributed by atoms with E-state index in [1.54, 1.807) is 6.07 Å². The first-order chi connectivity index (χ1) is 10.6. The number of aromatic nitrogens is 1. The Labute approximate surface area is 127 Å². The molecule has 6 heteroatoms. The molecule has 1 saturated heterocycles. The van der Waals surface area contributed by atoms with Crippen LogP contribution in [0.1, 0.15) is 10.5 Å². The van der Waals surface area contributed by atoms with Gasteiger partial charge in [-0.3, -0.25) is 0 Å². The first kappa shape index (κ1) is 14.3. The number of aliphatic hydroxyl groups is 1. The van der Waals surface area contributed by atoms with Crippen LogP contribution < -0.4 is 9.64 Å². The lowest BCUT2D eigenvalue weighted by Gasteiger charge is -2.18. The Morgan fingerprint density at radius 3 is 2.73 bits per heavy atom. The molecule has 0 spiro atoms. The second kappa shape index (κ2) is 6.03. The normalized spacial score (nSPS) is 20.9. The van der Waals surface area contributed by atoms with Crippen LogP contribution in [0.25, 0.3) is 0 Å². The fraction of sp³-hybridized carbons (Fsp3) is 0.250. The number of hydrogen-bond donors (Lipinski definition) is 2. The van der Waals surface area contributed by atoms with E-state index in [0.29, 0.717) is 24.5 Å². The minimum absolute atomic E-state index is 0.0144. The quantitative estimate of drug-likeness (QED) is 0.888. The Morgan fingerprint density at radius 1 is 1.23 bits per heavy atom. The number of para-hydroxylation sites is 1. The van der Waals surface area contributed by atoms with E-state index in [4.69, 9.17) is 9.84 Å². The summed E-state index contributed by atoms with van der Waals surface area (Å²) in [7, 11) is 0. The number of ether oxygens (including phenoxy) is 1. The van der Waals surface area contributed by atoms with Crippen molar-refractivity contribution >= 4 is 11.7 Å². The van der Waals surface area contributed by atoms with Crippen molar-refractivity contribution in [3.05, 3.63) is 54.4 Å². The van der Waals surface area contributed by atoms with Crippen LogP contribution in [0.2, 0.25) is 0 Å². The lowest BCUT2D eigenvalue weighted by Crippen LogP contribution is -2.29. The molecule has 2 aromatic rings. The summed E-state index contributed by atoms with van der Waals surface area (Å²) in [6.07, 6.45) is 0.460. The lowest BCUT2D eigenvalue weighted by atomic mass is 10.2. The predicted octanol–water partition coefficient (Wildman–Crippen LogP) is 1.41. The van der Waals surface area contributed by atoms with E-state index >= 15 is 0 Å². The number of pyridine rings is 1. The number of rotatable bonds is 4. The molecule has 1 aliphatic rings. The molecule has 114 valence electrons. The van der Waals surface area contributed by atoms with Gasteiger partial charge in [-0.25, -0.2) is 9.78 Å². The fourth-order valence-corrected chi connectivity index (χ4v) is 2.49. The van der Waals surface area contributed by atoms with Crippen molar-refractivity contribution < 1.29 is 19.7 Å². The smallest absolute Gasteiger partial charge is 0.354 e. The molecule has 2 atom stereocenters. The second-order valence-electron chi connectivity index (χ2n) is 5.15. The molecule has 0 saturated carbocycles. The number of benzene rings is 1. The highest BCUT2D eigenvalue weighted by Gasteiger charge is 2.33. The molecule has 0 amide bonds. The van der Waals surface area contributed by atoms with Crippen LogP contribution in [-0.2, 0) is 0 Å². The molecule has 0 unspecified atom stereocenters. The molecule has 0 aliphatic carbocycles. The molecule has 2 heterocycles. The fourth-order valence-electron chi connectivity index (χ4n) is 2.49. The topological polar surface area (TPSA) is 82.9 Å². The van der Waals surface area contributed by atoms with Gasteiger partial charge in [0.2, 0.25) is 0 Å². The zero-order chi connectivity index (χ0) is 15.5. The molecule has 0 radical (unpaired) electrons. The van der Waals surface area contributed by atoms with Crippen LogP contribution in [0.3, 0.4) is 0 Å². The summed E-state index contributed by atoms with van der Waals surface area (Å²) in [6, 6.07) is 12.5. The van der Waals surface area contributed by atoms with Gasteiger partial charge in [0, 0.05) is 18.4 Å². The molecule has 1 aliphatic heterocycles. The zero-order valence-corrected chi connectivity index (χ0v) is 11.8. The molecule has 0 bridgehead atoms. The van der Waals surface area contributed by atoms with Crippen molar-refractivity contribution in [3.8, 4) is 5.75 Å². The zero-order valence-electron chi connectivity index (χ0n) is 11.8. The molecule has 22 heavy (non-hydrogen) atoms. The highest BCUT2D eigenvalue weighted by atomic mass is 16.5. The number of anilines is 1. The third kappa shape index (κ3) is 3.01. The summed E-state index contributed by atoms with van der Waals surface area (Å²) in [5.74, 6) is -0.368. The van der Waals surface area contributed by atoms with Gasteiger partial charge in [0.1, 0.15) is 23.7 Å². The molecule has 6 nitrogen and oxygen atoms in total. The van der Waals surface area contributed by atoms with Gasteiger partial charge in [0.25, 0.3) is 0 Å². The maximum Gasteiger partial charge on any atom is 0.354 e. The van der Waals surface area contributed by atoms with E-state index in [1.165, 1.54) is 12.3 Å². The summed E-state index contributed by atoms with van der Waals surface area (Å²) < 4.78 is 5.79. The maximum atomic E-state index is 11.0. The van der Waals surface area contributed by atoms with Crippen molar-refractivity contribution in [1.82, 2.24) is 4.98 Å². The molecular weight excluding hydrogens is 284 g/mol. The molecule has 1 aromatic carbocycles. The van der Waals surface area contributed by atoms with E-state index < -0.39 is 12.1 Å². The lowest BCUT2D eigenvalue weighted by molar-refractivity contribution is 0.0690. The largest absolute Gasteiger partial charge is 0.486 e. The van der Waals surface area contributed by atoms with E-state index in [1.807, 2.05) is 35.2 Å². The van der Waals surface area contributed by atoms with Crippen LogP contribution in [0.4, 0.5) is 5.69 Å². The number of nitrogens with zero attached hydrogens (tertiary/aromatic N) is 2. The number of hydrogen-bond acceptors (Lipinski definition) is 5. The van der Waals surface area contributed by atoms with E-state index in [-0.39, 0.29) is 11.8 Å². The Hall–Kier alpha value is -2.60. The van der Waals surface area contributed by atoms with Crippen molar-refractivity contribution in [2.75, 3.05) is 18.0 Å². The average molecular weight is 300 g/mol. The van der Waals surface area contributed by atoms with Crippen LogP contribution in [0.5, 0.6) is 5.75 Å². The minimum Gasteiger partial charge on any atom is -0.486 e. The van der Waals surface area contributed by atoms with Crippen LogP contribution in [0.15, 0.2) is 48.7 Å². The molecule has 1 fully saturated rings. The van der Waals surface area contributed by atoms with Crippen LogP contribution in [0, 0.1) is 0 Å². The first-order valence-corrected chi connectivity index (χ1v) is 6.97. The van der Waals surface area contributed by atoms with Crippen LogP contribution >= 0.6 is 0 Å². The van der Waals surface area contributed by atoms with Gasteiger partial charge in [-0.15, -0.1) is 0 Å². The highest BCUT2D eigenvalue weighted by Crippen LogP contribution is 2.24. The van der Waals surface area contributed by atoms with Gasteiger partial charge in [-0.05, 0) is 24.3 Å². The highest BCUT2D eigenvalue weighted by molar-refractivity contribution is 5.86. The number of carboxylic acids is 1. The third-order valence-electron chi connectivity index (χ3n) is 3.60. The van der Waals surface area contributed by atoms with Gasteiger partial charge < -0.3 is 19.8 Å². The van der Waals surface area contributed by atoms with Gasteiger partial charge in [0.05, 0.1) is 6.54 Å². The van der Waals surface area contributed by atoms with Crippen molar-refractivity contribution in [1.29, 1.82) is 0 Å². The number of carbonyl (C=O) groups is 1. The predicted molar refractivity (Wildman–Crippen MR) is 80.3 cm³/mol. The van der Waals surface area contributed by atoms with E-state index in [9.17, 15) is 9.90 Å². The SMILES string of the molecule is O=C(O)c1cc(N2C[C@@H](O)[C@H](Oc3ccccc3)C2)ccn1. The van der Waals surface area contributed by atoms with Crippen molar-refractivity contribution in [3.63, 3.8) is 0 Å².